The number of aromatic nitrogens is 1. The first-order valence-corrected chi connectivity index (χ1v) is 8.05. The van der Waals surface area contributed by atoms with Crippen LogP contribution in [0.5, 0.6) is 0 Å². The van der Waals surface area contributed by atoms with Gasteiger partial charge in [0.1, 0.15) is 0 Å². The summed E-state index contributed by atoms with van der Waals surface area (Å²) in [5, 5.41) is 3.37. The molecule has 7 heteroatoms. The molecule has 1 aliphatic rings. The third-order valence-electron chi connectivity index (χ3n) is 4.14. The lowest BCUT2D eigenvalue weighted by Gasteiger charge is -2.18. The lowest BCUT2D eigenvalue weighted by molar-refractivity contribution is -0.136. The van der Waals surface area contributed by atoms with E-state index in [2.05, 4.69) is 10.3 Å². The third kappa shape index (κ3) is 3.31. The summed E-state index contributed by atoms with van der Waals surface area (Å²) in [5.74, 6) is -1.17. The fraction of sp³-hybridized carbons (Fsp3) is 0.333. The summed E-state index contributed by atoms with van der Waals surface area (Å²) < 4.78 is 5.27. The van der Waals surface area contributed by atoms with E-state index in [1.807, 2.05) is 25.1 Å². The predicted molar refractivity (Wildman–Crippen MR) is 91.2 cm³/mol. The van der Waals surface area contributed by atoms with E-state index in [4.69, 9.17) is 4.74 Å². The number of hydrogen-bond acceptors (Lipinski definition) is 5. The van der Waals surface area contributed by atoms with Gasteiger partial charge in [-0.25, -0.2) is 9.59 Å². The van der Waals surface area contributed by atoms with E-state index in [9.17, 15) is 14.4 Å². The van der Waals surface area contributed by atoms with Crippen molar-refractivity contribution in [1.82, 2.24) is 15.2 Å². The number of amides is 3. The summed E-state index contributed by atoms with van der Waals surface area (Å²) >= 11 is 0. The van der Waals surface area contributed by atoms with E-state index in [0.717, 1.165) is 21.4 Å². The highest BCUT2D eigenvalue weighted by atomic mass is 16.5. The first-order chi connectivity index (χ1) is 11.9. The molecule has 0 aliphatic carbocycles. The molecule has 0 bridgehead atoms. The molecule has 130 valence electrons. The monoisotopic (exact) mass is 341 g/mol. The number of ether oxygens (including phenoxy) is 1. The second-order valence-electron chi connectivity index (χ2n) is 6.09. The lowest BCUT2D eigenvalue weighted by Crippen LogP contribution is -2.41. The molecule has 0 saturated carbocycles. The van der Waals surface area contributed by atoms with E-state index in [1.165, 1.54) is 6.92 Å². The molecule has 1 aromatic carbocycles. The zero-order chi connectivity index (χ0) is 18.1. The molecule has 25 heavy (non-hydrogen) atoms. The largest absolute Gasteiger partial charge is 0.449 e. The van der Waals surface area contributed by atoms with Crippen molar-refractivity contribution in [1.29, 1.82) is 0 Å². The Morgan fingerprint density at radius 3 is 2.72 bits per heavy atom. The Morgan fingerprint density at radius 2 is 2.04 bits per heavy atom. The van der Waals surface area contributed by atoms with Crippen molar-refractivity contribution in [3.8, 4) is 0 Å². The van der Waals surface area contributed by atoms with Crippen LogP contribution >= 0.6 is 0 Å². The number of carbonyl (C=O) groups is 3. The fourth-order valence-corrected chi connectivity index (χ4v) is 2.77. The Balaban J connectivity index is 1.80. The molecule has 2 aromatic rings. The summed E-state index contributed by atoms with van der Waals surface area (Å²) in [6.45, 7) is 5.81. The minimum Gasteiger partial charge on any atom is -0.449 e. The molecule has 1 fully saturated rings. The molecular weight excluding hydrogens is 322 g/mol. The van der Waals surface area contributed by atoms with E-state index >= 15 is 0 Å². The van der Waals surface area contributed by atoms with Crippen molar-refractivity contribution in [2.75, 3.05) is 13.1 Å². The maximum Gasteiger partial charge on any atom is 0.340 e. The summed E-state index contributed by atoms with van der Waals surface area (Å²) in [6, 6.07) is 7.03. The Kier molecular flexibility index (Phi) is 4.39. The molecule has 0 radical (unpaired) electrons. The molecule has 1 N–H and O–H groups in total. The zero-order valence-electron chi connectivity index (χ0n) is 14.3. The van der Waals surface area contributed by atoms with Crippen molar-refractivity contribution < 1.29 is 19.1 Å². The van der Waals surface area contributed by atoms with Crippen molar-refractivity contribution >= 4 is 28.8 Å². The molecule has 0 unspecified atom stereocenters. The van der Waals surface area contributed by atoms with Gasteiger partial charge >= 0.3 is 12.0 Å². The van der Waals surface area contributed by atoms with Gasteiger partial charge < -0.3 is 10.1 Å². The van der Waals surface area contributed by atoms with Crippen LogP contribution in [-0.2, 0) is 9.53 Å². The molecule has 1 saturated heterocycles. The maximum atomic E-state index is 12.5. The average Bonchev–Trinajstić information content (AvgIpc) is 2.99. The number of urea groups is 1. The molecular formula is C18H19N3O4. The number of hydrogen-bond donors (Lipinski definition) is 1. The van der Waals surface area contributed by atoms with Crippen LogP contribution < -0.4 is 5.32 Å². The van der Waals surface area contributed by atoms with Crippen LogP contribution in [0.3, 0.4) is 0 Å². The van der Waals surface area contributed by atoms with Gasteiger partial charge in [0.15, 0.2) is 6.10 Å². The smallest absolute Gasteiger partial charge is 0.340 e. The highest BCUT2D eigenvalue weighted by Gasteiger charge is 2.32. The minimum atomic E-state index is -1.05. The molecule has 3 amide bonds. The number of fused-ring (bicyclic) bond motifs is 1. The molecule has 3 rings (SSSR count). The predicted octanol–water partition coefficient (Wildman–Crippen LogP) is 1.95. The number of pyridine rings is 1. The molecule has 0 spiro atoms. The number of nitrogens with zero attached hydrogens (tertiary/aromatic N) is 2. The van der Waals surface area contributed by atoms with Gasteiger partial charge in [-0.2, -0.15) is 0 Å². The van der Waals surface area contributed by atoms with E-state index in [0.29, 0.717) is 17.8 Å². The van der Waals surface area contributed by atoms with Crippen molar-refractivity contribution in [2.24, 2.45) is 0 Å². The van der Waals surface area contributed by atoms with Crippen molar-refractivity contribution in [2.45, 2.75) is 26.9 Å². The molecule has 2 heterocycles. The lowest BCUT2D eigenvalue weighted by atomic mass is 10.1. The average molecular weight is 341 g/mol. The van der Waals surface area contributed by atoms with Gasteiger partial charge in [0, 0.05) is 18.5 Å². The number of nitrogens with one attached hydrogen (secondary N) is 1. The van der Waals surface area contributed by atoms with Gasteiger partial charge in [0.2, 0.25) is 0 Å². The standard InChI is InChI=1S/C18H19N3O4/c1-10-4-5-15-13(8-10)9-14(11(2)20-15)17(23)25-12(3)16(22)21-7-6-19-18(21)24/h4-5,8-9,12H,6-7H2,1-3H3,(H,19,24)/t12-/m0/s1. The van der Waals surface area contributed by atoms with E-state index in [-0.39, 0.29) is 6.54 Å². The van der Waals surface area contributed by atoms with Gasteiger partial charge in [-0.3, -0.25) is 14.7 Å². The molecule has 1 atom stereocenters. The number of aryl methyl sites for hydroxylation is 2. The van der Waals surface area contributed by atoms with Gasteiger partial charge in [-0.1, -0.05) is 11.6 Å². The Bertz CT molecular complexity index is 878. The second kappa shape index (κ2) is 6.51. The summed E-state index contributed by atoms with van der Waals surface area (Å²) in [7, 11) is 0. The number of benzene rings is 1. The van der Waals surface area contributed by atoms with Crippen LogP contribution in [0.2, 0.25) is 0 Å². The Hall–Kier alpha value is -2.96. The highest BCUT2D eigenvalue weighted by Crippen LogP contribution is 2.19. The molecule has 7 nitrogen and oxygen atoms in total. The quantitative estimate of drug-likeness (QED) is 0.862. The molecule has 1 aromatic heterocycles. The SMILES string of the molecule is Cc1ccc2nc(C)c(C(=O)O[C@@H](C)C(=O)N3CCNC3=O)cc2c1. The van der Waals surface area contributed by atoms with Crippen LogP contribution in [0.1, 0.15) is 28.5 Å². The number of carbonyl (C=O) groups excluding carboxylic acids is 3. The molecule has 1 aliphatic heterocycles. The van der Waals surface area contributed by atoms with E-state index < -0.39 is 24.0 Å². The van der Waals surface area contributed by atoms with Crippen LogP contribution in [0.4, 0.5) is 4.79 Å². The van der Waals surface area contributed by atoms with Crippen LogP contribution in [0.15, 0.2) is 24.3 Å². The van der Waals surface area contributed by atoms with Gasteiger partial charge in [-0.05, 0) is 39.0 Å². The first kappa shape index (κ1) is 16.9. The highest BCUT2D eigenvalue weighted by molar-refractivity contribution is 6.00. The number of imide groups is 1. The number of rotatable bonds is 3. The van der Waals surface area contributed by atoms with Crippen molar-refractivity contribution in [3.63, 3.8) is 0 Å². The normalized spacial score (nSPS) is 15.2. The van der Waals surface area contributed by atoms with Crippen LogP contribution in [0.25, 0.3) is 10.9 Å². The second-order valence-corrected chi connectivity index (χ2v) is 6.09. The first-order valence-electron chi connectivity index (χ1n) is 8.05. The number of esters is 1. The van der Waals surface area contributed by atoms with Crippen LogP contribution in [0, 0.1) is 13.8 Å². The Labute approximate surface area is 145 Å². The summed E-state index contributed by atoms with van der Waals surface area (Å²) in [5.41, 5.74) is 2.68. The topological polar surface area (TPSA) is 88.6 Å². The van der Waals surface area contributed by atoms with Crippen LogP contribution in [-0.4, -0.2) is 47.0 Å². The summed E-state index contributed by atoms with van der Waals surface area (Å²) in [4.78, 5) is 41.7. The third-order valence-corrected chi connectivity index (χ3v) is 4.14. The van der Waals surface area contributed by atoms with Gasteiger partial charge in [0.05, 0.1) is 16.8 Å². The van der Waals surface area contributed by atoms with Crippen molar-refractivity contribution in [3.05, 3.63) is 41.1 Å². The fourth-order valence-electron chi connectivity index (χ4n) is 2.77. The zero-order valence-corrected chi connectivity index (χ0v) is 14.3. The van der Waals surface area contributed by atoms with E-state index in [1.54, 1.807) is 13.0 Å². The van der Waals surface area contributed by atoms with Gasteiger partial charge in [-0.15, -0.1) is 0 Å². The summed E-state index contributed by atoms with van der Waals surface area (Å²) in [6.07, 6.45) is -1.05. The minimum absolute atomic E-state index is 0.273. The maximum absolute atomic E-state index is 12.5. The van der Waals surface area contributed by atoms with Gasteiger partial charge in [0.25, 0.3) is 5.91 Å². The Morgan fingerprint density at radius 1 is 1.28 bits per heavy atom.